The van der Waals surface area contributed by atoms with E-state index < -0.39 is 17.9 Å². The van der Waals surface area contributed by atoms with Crippen LogP contribution in [0.15, 0.2) is 35.7 Å². The Kier molecular flexibility index (Phi) is 5.87. The fourth-order valence-corrected chi connectivity index (χ4v) is 2.92. The van der Waals surface area contributed by atoms with Crippen LogP contribution in [0.1, 0.15) is 30.1 Å². The molecule has 0 radical (unpaired) electrons. The van der Waals surface area contributed by atoms with Gasteiger partial charge in [-0.25, -0.2) is 4.98 Å². The van der Waals surface area contributed by atoms with Gasteiger partial charge in [0, 0.05) is 17.8 Å². The molecule has 0 bridgehead atoms. The second-order valence-electron chi connectivity index (χ2n) is 5.55. The fraction of sp³-hybridized carbons (Fsp3) is 0.353. The molecular weight excluding hydrogens is 312 g/mol. The molecule has 122 valence electrons. The molecule has 1 amide bonds. The molecule has 0 aliphatic carbocycles. The average Bonchev–Trinajstić information content (AvgIpc) is 2.94. The Hall–Kier alpha value is -2.21. The molecular formula is C17H20N2O3S. The highest BCUT2D eigenvalue weighted by atomic mass is 32.1. The molecule has 5 nitrogen and oxygen atoms in total. The molecule has 2 N–H and O–H groups in total. The number of hydrogen-bond donors (Lipinski definition) is 2. The summed E-state index contributed by atoms with van der Waals surface area (Å²) in [5, 5.41) is 14.5. The lowest BCUT2D eigenvalue weighted by Crippen LogP contribution is -2.40. The predicted octanol–water partition coefficient (Wildman–Crippen LogP) is 2.50. The minimum Gasteiger partial charge on any atom is -0.481 e. The van der Waals surface area contributed by atoms with E-state index in [1.54, 1.807) is 13.8 Å². The van der Waals surface area contributed by atoms with Crippen molar-refractivity contribution >= 4 is 23.2 Å². The topological polar surface area (TPSA) is 79.3 Å². The van der Waals surface area contributed by atoms with Gasteiger partial charge in [0.15, 0.2) is 0 Å². The normalized spacial score (nSPS) is 13.3. The van der Waals surface area contributed by atoms with Gasteiger partial charge in [-0.3, -0.25) is 9.59 Å². The lowest BCUT2D eigenvalue weighted by Gasteiger charge is -2.17. The SMILES string of the molecule is CC(NC(=O)Cc1csc(Cc2ccccc2)n1)C(C)C(=O)O. The van der Waals surface area contributed by atoms with E-state index in [1.165, 1.54) is 16.9 Å². The van der Waals surface area contributed by atoms with Gasteiger partial charge in [-0.15, -0.1) is 11.3 Å². The third-order valence-corrected chi connectivity index (χ3v) is 4.56. The van der Waals surface area contributed by atoms with E-state index in [9.17, 15) is 9.59 Å². The van der Waals surface area contributed by atoms with Gasteiger partial charge in [-0.05, 0) is 19.4 Å². The van der Waals surface area contributed by atoms with E-state index in [2.05, 4.69) is 10.3 Å². The molecule has 1 heterocycles. The molecule has 2 atom stereocenters. The summed E-state index contributed by atoms with van der Waals surface area (Å²) in [7, 11) is 0. The van der Waals surface area contributed by atoms with Crippen LogP contribution in [0.25, 0.3) is 0 Å². The molecule has 0 aliphatic heterocycles. The number of carboxylic acids is 1. The van der Waals surface area contributed by atoms with Crippen LogP contribution in [0, 0.1) is 5.92 Å². The second-order valence-corrected chi connectivity index (χ2v) is 6.50. The number of nitrogens with zero attached hydrogens (tertiary/aromatic N) is 1. The minimum atomic E-state index is -0.920. The third kappa shape index (κ3) is 5.17. The Morgan fingerprint density at radius 3 is 2.61 bits per heavy atom. The van der Waals surface area contributed by atoms with Crippen LogP contribution in [0.4, 0.5) is 0 Å². The Morgan fingerprint density at radius 2 is 1.96 bits per heavy atom. The Balaban J connectivity index is 1.89. The number of nitrogens with one attached hydrogen (secondary N) is 1. The van der Waals surface area contributed by atoms with Crippen molar-refractivity contribution < 1.29 is 14.7 Å². The monoisotopic (exact) mass is 332 g/mol. The lowest BCUT2D eigenvalue weighted by molar-refractivity contribution is -0.142. The summed E-state index contributed by atoms with van der Waals surface area (Å²) >= 11 is 1.53. The van der Waals surface area contributed by atoms with Crippen molar-refractivity contribution in [3.8, 4) is 0 Å². The number of aliphatic carboxylic acids is 1. The van der Waals surface area contributed by atoms with E-state index in [4.69, 9.17) is 5.11 Å². The number of carboxylic acid groups (broad SMARTS) is 1. The number of aromatic nitrogens is 1. The average molecular weight is 332 g/mol. The van der Waals surface area contributed by atoms with Gasteiger partial charge in [0.25, 0.3) is 0 Å². The fourth-order valence-electron chi connectivity index (χ4n) is 2.09. The Bertz CT molecular complexity index is 669. The zero-order chi connectivity index (χ0) is 16.8. The van der Waals surface area contributed by atoms with Gasteiger partial charge in [-0.1, -0.05) is 30.3 Å². The van der Waals surface area contributed by atoms with E-state index in [1.807, 2.05) is 35.7 Å². The van der Waals surface area contributed by atoms with Crippen LogP contribution in [0.5, 0.6) is 0 Å². The third-order valence-electron chi connectivity index (χ3n) is 3.67. The second kappa shape index (κ2) is 7.87. The summed E-state index contributed by atoms with van der Waals surface area (Å²) in [5.41, 5.74) is 1.90. The predicted molar refractivity (Wildman–Crippen MR) is 89.5 cm³/mol. The molecule has 0 aliphatic rings. The van der Waals surface area contributed by atoms with Crippen molar-refractivity contribution in [2.24, 2.45) is 5.92 Å². The van der Waals surface area contributed by atoms with Gasteiger partial charge in [0.2, 0.25) is 5.91 Å². The smallest absolute Gasteiger partial charge is 0.308 e. The molecule has 0 fully saturated rings. The van der Waals surface area contributed by atoms with Gasteiger partial charge < -0.3 is 10.4 Å². The number of carbonyl (C=O) groups is 2. The number of hydrogen-bond acceptors (Lipinski definition) is 4. The summed E-state index contributed by atoms with van der Waals surface area (Å²) in [6, 6.07) is 9.62. The maximum Gasteiger partial charge on any atom is 0.308 e. The van der Waals surface area contributed by atoms with E-state index in [0.29, 0.717) is 5.69 Å². The summed E-state index contributed by atoms with van der Waals surface area (Å²) in [6.07, 6.45) is 0.918. The van der Waals surface area contributed by atoms with Crippen molar-refractivity contribution in [1.29, 1.82) is 0 Å². The minimum absolute atomic E-state index is 0.169. The quantitative estimate of drug-likeness (QED) is 0.816. The maximum absolute atomic E-state index is 12.0. The maximum atomic E-state index is 12.0. The molecule has 1 aromatic carbocycles. The molecule has 23 heavy (non-hydrogen) atoms. The molecule has 6 heteroatoms. The first-order valence-corrected chi connectivity index (χ1v) is 8.33. The highest BCUT2D eigenvalue weighted by Gasteiger charge is 2.21. The highest BCUT2D eigenvalue weighted by molar-refractivity contribution is 7.09. The number of amides is 1. The van der Waals surface area contributed by atoms with E-state index in [-0.39, 0.29) is 12.3 Å². The first kappa shape index (κ1) is 17.1. The van der Waals surface area contributed by atoms with Gasteiger partial charge in [-0.2, -0.15) is 0 Å². The van der Waals surface area contributed by atoms with Crippen molar-refractivity contribution in [3.05, 3.63) is 52.0 Å². The van der Waals surface area contributed by atoms with Crippen molar-refractivity contribution in [2.75, 3.05) is 0 Å². The number of carbonyl (C=O) groups excluding carboxylic acids is 1. The van der Waals surface area contributed by atoms with Crippen LogP contribution in [-0.4, -0.2) is 28.0 Å². The molecule has 0 spiro atoms. The summed E-state index contributed by atoms with van der Waals surface area (Å²) in [5.74, 6) is -1.75. The largest absolute Gasteiger partial charge is 0.481 e. The van der Waals surface area contributed by atoms with Crippen molar-refractivity contribution in [1.82, 2.24) is 10.3 Å². The molecule has 2 aromatic rings. The molecule has 1 aromatic heterocycles. The summed E-state index contributed by atoms with van der Waals surface area (Å²) < 4.78 is 0. The van der Waals surface area contributed by atoms with Crippen LogP contribution < -0.4 is 5.32 Å². The van der Waals surface area contributed by atoms with Crippen LogP contribution >= 0.6 is 11.3 Å². The van der Waals surface area contributed by atoms with Crippen molar-refractivity contribution in [3.63, 3.8) is 0 Å². The zero-order valence-corrected chi connectivity index (χ0v) is 14.0. The number of thiazole rings is 1. The van der Waals surface area contributed by atoms with Crippen molar-refractivity contribution in [2.45, 2.75) is 32.7 Å². The highest BCUT2D eigenvalue weighted by Crippen LogP contribution is 2.15. The van der Waals surface area contributed by atoms with E-state index in [0.717, 1.165) is 11.4 Å². The molecule has 0 saturated carbocycles. The molecule has 2 rings (SSSR count). The zero-order valence-electron chi connectivity index (χ0n) is 13.2. The first-order chi connectivity index (χ1) is 11.0. The van der Waals surface area contributed by atoms with Gasteiger partial charge in [0.1, 0.15) is 0 Å². The first-order valence-electron chi connectivity index (χ1n) is 7.45. The van der Waals surface area contributed by atoms with Gasteiger partial charge in [0.05, 0.1) is 23.0 Å². The van der Waals surface area contributed by atoms with E-state index >= 15 is 0 Å². The Labute approximate surface area is 139 Å². The number of benzene rings is 1. The summed E-state index contributed by atoms with van der Waals surface area (Å²) in [6.45, 7) is 3.27. The van der Waals surface area contributed by atoms with Crippen LogP contribution in [0.2, 0.25) is 0 Å². The van der Waals surface area contributed by atoms with Crippen LogP contribution in [0.3, 0.4) is 0 Å². The lowest BCUT2D eigenvalue weighted by atomic mass is 10.0. The van der Waals surface area contributed by atoms with Crippen LogP contribution in [-0.2, 0) is 22.4 Å². The molecule has 2 unspecified atom stereocenters. The van der Waals surface area contributed by atoms with Gasteiger partial charge >= 0.3 is 5.97 Å². The standard InChI is InChI=1S/C17H20N2O3S/c1-11(17(21)22)12(2)18-15(20)9-14-10-23-16(19-14)8-13-6-4-3-5-7-13/h3-7,10-12H,8-9H2,1-2H3,(H,18,20)(H,21,22). The molecule has 0 saturated heterocycles. The summed E-state index contributed by atoms with van der Waals surface area (Å²) in [4.78, 5) is 27.3. The Morgan fingerprint density at radius 1 is 1.26 bits per heavy atom. The number of rotatable bonds is 7.